The number of aryl methyl sites for hydroxylation is 1. The molecule has 0 spiro atoms. The second-order valence-electron chi connectivity index (χ2n) is 6.98. The zero-order valence-electron chi connectivity index (χ0n) is 13.6. The second kappa shape index (κ2) is 6.32. The minimum atomic E-state index is -0.144. The van der Waals surface area contributed by atoms with Crippen molar-refractivity contribution in [3.63, 3.8) is 0 Å². The van der Waals surface area contributed by atoms with Gasteiger partial charge < -0.3 is 4.42 Å². The Bertz CT molecular complexity index is 781. The van der Waals surface area contributed by atoms with Crippen molar-refractivity contribution in [2.45, 2.75) is 50.9 Å². The summed E-state index contributed by atoms with van der Waals surface area (Å²) < 4.78 is 19.5. The van der Waals surface area contributed by atoms with Gasteiger partial charge in [0, 0.05) is 11.0 Å². The van der Waals surface area contributed by atoms with Crippen LogP contribution in [0.15, 0.2) is 33.7 Å². The molecular weight excluding hydrogens is 327 g/mol. The molecule has 3 nitrogen and oxygen atoms in total. The van der Waals surface area contributed by atoms with E-state index in [1.807, 2.05) is 12.1 Å². The van der Waals surface area contributed by atoms with Crippen LogP contribution in [-0.2, 0) is 6.42 Å². The number of nitrogens with zero attached hydrogens (tertiary/aromatic N) is 2. The summed E-state index contributed by atoms with van der Waals surface area (Å²) in [4.78, 5) is 0. The first-order valence-electron chi connectivity index (χ1n) is 8.55. The van der Waals surface area contributed by atoms with E-state index in [2.05, 4.69) is 16.3 Å². The molecule has 0 radical (unpaired) electrons. The van der Waals surface area contributed by atoms with Crippen LogP contribution in [0.3, 0.4) is 0 Å². The van der Waals surface area contributed by atoms with Gasteiger partial charge >= 0.3 is 0 Å². The van der Waals surface area contributed by atoms with E-state index in [4.69, 9.17) is 16.0 Å². The predicted octanol–water partition coefficient (Wildman–Crippen LogP) is 5.25. The summed E-state index contributed by atoms with van der Waals surface area (Å²) in [6.45, 7) is 1.78. The van der Waals surface area contributed by atoms with Gasteiger partial charge in [0.05, 0.1) is 5.92 Å². The third-order valence-electron chi connectivity index (χ3n) is 4.97. The van der Waals surface area contributed by atoms with Gasteiger partial charge in [0.2, 0.25) is 11.8 Å². The molecule has 2 unspecified atom stereocenters. The molecule has 1 aromatic heterocycles. The Hall–Kier alpha value is -1.68. The number of benzene rings is 1. The third kappa shape index (κ3) is 3.25. The number of allylic oxidation sites excluding steroid dienone is 2. The van der Waals surface area contributed by atoms with Crippen molar-refractivity contribution in [2.75, 3.05) is 0 Å². The first kappa shape index (κ1) is 15.8. The molecule has 24 heavy (non-hydrogen) atoms. The molecule has 0 aliphatic heterocycles. The molecule has 0 amide bonds. The predicted molar refractivity (Wildman–Crippen MR) is 90.5 cm³/mol. The smallest absolute Gasteiger partial charge is 0.224 e. The lowest BCUT2D eigenvalue weighted by atomic mass is 9.84. The summed E-state index contributed by atoms with van der Waals surface area (Å²) >= 11 is 6.50. The number of hydrogen-bond acceptors (Lipinski definition) is 3. The highest BCUT2D eigenvalue weighted by Gasteiger charge is 2.32. The SMILES string of the molecule is Cc1ccc(CC2C=C(Cl)C(c3nnc(C4CC4)o3)CC2)cc1F. The maximum Gasteiger partial charge on any atom is 0.224 e. The Morgan fingerprint density at radius 2 is 1.96 bits per heavy atom. The van der Waals surface area contributed by atoms with Crippen molar-refractivity contribution in [1.29, 1.82) is 0 Å². The molecule has 2 aliphatic rings. The minimum absolute atomic E-state index is 0.0117. The van der Waals surface area contributed by atoms with Crippen molar-refractivity contribution in [3.05, 3.63) is 58.0 Å². The Morgan fingerprint density at radius 3 is 2.67 bits per heavy atom. The van der Waals surface area contributed by atoms with Crippen LogP contribution in [0.2, 0.25) is 0 Å². The number of aromatic nitrogens is 2. The largest absolute Gasteiger partial charge is 0.424 e. The standard InChI is InChI=1S/C19H20ClFN2O/c1-11-2-3-13(10-17(11)21)8-12-4-7-15(16(20)9-12)19-23-22-18(24-19)14-5-6-14/h2-3,9-10,12,14-15H,4-8H2,1H3. The van der Waals surface area contributed by atoms with Gasteiger partial charge in [0.1, 0.15) is 5.82 Å². The Morgan fingerprint density at radius 1 is 1.17 bits per heavy atom. The molecule has 0 N–H and O–H groups in total. The van der Waals surface area contributed by atoms with Gasteiger partial charge in [-0.2, -0.15) is 0 Å². The number of rotatable bonds is 4. The summed E-state index contributed by atoms with van der Waals surface area (Å²) in [5.74, 6) is 2.04. The van der Waals surface area contributed by atoms with Crippen molar-refractivity contribution in [1.82, 2.24) is 10.2 Å². The summed E-state index contributed by atoms with van der Waals surface area (Å²) in [6.07, 6.45) is 7.04. The first-order valence-corrected chi connectivity index (χ1v) is 8.93. The molecule has 1 saturated carbocycles. The summed E-state index contributed by atoms with van der Waals surface area (Å²) in [5, 5.41) is 9.11. The van der Waals surface area contributed by atoms with Gasteiger partial charge in [-0.15, -0.1) is 10.2 Å². The van der Waals surface area contributed by atoms with Crippen LogP contribution in [0.25, 0.3) is 0 Å². The van der Waals surface area contributed by atoms with Crippen LogP contribution in [0.1, 0.15) is 60.4 Å². The Kier molecular flexibility index (Phi) is 4.17. The lowest BCUT2D eigenvalue weighted by Gasteiger charge is -2.23. The fraction of sp³-hybridized carbons (Fsp3) is 0.474. The van der Waals surface area contributed by atoms with Crippen molar-refractivity contribution < 1.29 is 8.81 Å². The molecular formula is C19H20ClFN2O. The highest BCUT2D eigenvalue weighted by Crippen LogP contribution is 2.42. The van der Waals surface area contributed by atoms with E-state index in [9.17, 15) is 4.39 Å². The van der Waals surface area contributed by atoms with E-state index < -0.39 is 0 Å². The Balaban J connectivity index is 1.46. The van der Waals surface area contributed by atoms with Crippen molar-refractivity contribution in [3.8, 4) is 0 Å². The maximum atomic E-state index is 13.7. The van der Waals surface area contributed by atoms with E-state index in [1.165, 1.54) is 0 Å². The highest BCUT2D eigenvalue weighted by atomic mass is 35.5. The van der Waals surface area contributed by atoms with Gasteiger partial charge in [-0.1, -0.05) is 29.8 Å². The van der Waals surface area contributed by atoms with Crippen molar-refractivity contribution in [2.24, 2.45) is 5.92 Å². The molecule has 4 rings (SSSR count). The number of halogens is 2. The van der Waals surface area contributed by atoms with Gasteiger partial charge in [-0.05, 0) is 62.1 Å². The van der Waals surface area contributed by atoms with Gasteiger partial charge in [0.25, 0.3) is 0 Å². The van der Waals surface area contributed by atoms with Gasteiger partial charge in [-0.3, -0.25) is 0 Å². The summed E-state index contributed by atoms with van der Waals surface area (Å²) in [7, 11) is 0. The molecule has 2 aliphatic carbocycles. The summed E-state index contributed by atoms with van der Waals surface area (Å²) in [5.41, 5.74) is 1.69. The first-order chi connectivity index (χ1) is 11.6. The van der Waals surface area contributed by atoms with Crippen LogP contribution in [0.4, 0.5) is 4.39 Å². The average molecular weight is 347 g/mol. The highest BCUT2D eigenvalue weighted by molar-refractivity contribution is 6.30. The van der Waals surface area contributed by atoms with Crippen molar-refractivity contribution >= 4 is 11.6 Å². The molecule has 1 aromatic carbocycles. The molecule has 2 atom stereocenters. The average Bonchev–Trinajstić information content (AvgIpc) is 3.29. The second-order valence-corrected chi connectivity index (χ2v) is 7.42. The Labute approximate surface area is 145 Å². The van der Waals surface area contributed by atoms with E-state index in [0.717, 1.165) is 48.6 Å². The molecule has 126 valence electrons. The van der Waals surface area contributed by atoms with Crippen LogP contribution in [0.5, 0.6) is 0 Å². The number of hydrogen-bond donors (Lipinski definition) is 0. The van der Waals surface area contributed by atoms with E-state index in [1.54, 1.807) is 13.0 Å². The zero-order chi connectivity index (χ0) is 16.7. The molecule has 1 heterocycles. The topological polar surface area (TPSA) is 38.9 Å². The molecule has 0 bridgehead atoms. The zero-order valence-corrected chi connectivity index (χ0v) is 14.4. The normalized spacial score (nSPS) is 24.0. The van der Waals surface area contributed by atoms with Crippen LogP contribution in [-0.4, -0.2) is 10.2 Å². The van der Waals surface area contributed by atoms with E-state index in [0.29, 0.717) is 23.3 Å². The molecule has 0 saturated heterocycles. The third-order valence-corrected chi connectivity index (χ3v) is 5.36. The maximum absolute atomic E-state index is 13.7. The minimum Gasteiger partial charge on any atom is -0.424 e. The quantitative estimate of drug-likeness (QED) is 0.758. The molecule has 5 heteroatoms. The fourth-order valence-corrected chi connectivity index (χ4v) is 3.68. The fourth-order valence-electron chi connectivity index (χ4n) is 3.29. The van der Waals surface area contributed by atoms with Crippen LogP contribution < -0.4 is 0 Å². The van der Waals surface area contributed by atoms with Crippen LogP contribution >= 0.6 is 11.6 Å². The van der Waals surface area contributed by atoms with E-state index >= 15 is 0 Å². The molecule has 2 aromatic rings. The van der Waals surface area contributed by atoms with Crippen LogP contribution in [0, 0.1) is 18.7 Å². The van der Waals surface area contributed by atoms with Gasteiger partial charge in [-0.25, -0.2) is 4.39 Å². The lowest BCUT2D eigenvalue weighted by Crippen LogP contribution is -2.13. The van der Waals surface area contributed by atoms with Gasteiger partial charge in [0.15, 0.2) is 0 Å². The lowest BCUT2D eigenvalue weighted by molar-refractivity contribution is 0.400. The molecule has 1 fully saturated rings. The monoisotopic (exact) mass is 346 g/mol. The summed E-state index contributed by atoms with van der Waals surface area (Å²) in [6, 6.07) is 5.45. The van der Waals surface area contributed by atoms with E-state index in [-0.39, 0.29) is 11.7 Å².